The van der Waals surface area contributed by atoms with Gasteiger partial charge in [-0.2, -0.15) is 11.3 Å². The Morgan fingerprint density at radius 1 is 1.47 bits per heavy atom. The molecular weight excluding hydrogens is 206 g/mol. The summed E-state index contributed by atoms with van der Waals surface area (Å²) in [5.41, 5.74) is 15.0. The van der Waals surface area contributed by atoms with Crippen LogP contribution in [0.4, 0.5) is 5.82 Å². The molecule has 3 nitrogen and oxygen atoms in total. The molecule has 15 heavy (non-hydrogen) atoms. The highest BCUT2D eigenvalue weighted by molar-refractivity contribution is 7.08. The lowest BCUT2D eigenvalue weighted by atomic mass is 10.0. The minimum atomic E-state index is -0.177. The fourth-order valence-electron chi connectivity index (χ4n) is 1.48. The van der Waals surface area contributed by atoms with Crippen LogP contribution in [-0.2, 0) is 0 Å². The molecule has 0 bridgehead atoms. The molecule has 0 aliphatic heterocycles. The molecule has 0 aliphatic carbocycles. The van der Waals surface area contributed by atoms with Crippen molar-refractivity contribution >= 4 is 17.2 Å². The number of anilines is 1. The zero-order valence-corrected chi connectivity index (χ0v) is 9.29. The smallest absolute Gasteiger partial charge is 0.128 e. The summed E-state index contributed by atoms with van der Waals surface area (Å²) in [6, 6.07) is 3.82. The summed E-state index contributed by atoms with van der Waals surface area (Å²) >= 11 is 1.63. The molecule has 1 unspecified atom stereocenters. The molecule has 2 aromatic heterocycles. The summed E-state index contributed by atoms with van der Waals surface area (Å²) in [6.45, 7) is 1.98. The number of nitrogens with two attached hydrogens (primary N) is 2. The van der Waals surface area contributed by atoms with Crippen molar-refractivity contribution < 1.29 is 0 Å². The van der Waals surface area contributed by atoms with Crippen molar-refractivity contribution in [1.29, 1.82) is 0 Å². The first-order chi connectivity index (χ1) is 7.18. The average Bonchev–Trinajstić information content (AvgIpc) is 2.74. The van der Waals surface area contributed by atoms with Gasteiger partial charge >= 0.3 is 0 Å². The molecule has 0 amide bonds. The van der Waals surface area contributed by atoms with Gasteiger partial charge in [0.15, 0.2) is 0 Å². The minimum Gasteiger partial charge on any atom is -0.383 e. The van der Waals surface area contributed by atoms with E-state index >= 15 is 0 Å². The first kappa shape index (κ1) is 10.1. The van der Waals surface area contributed by atoms with Crippen LogP contribution < -0.4 is 11.5 Å². The van der Waals surface area contributed by atoms with Crippen LogP contribution in [0.25, 0.3) is 0 Å². The van der Waals surface area contributed by atoms with Gasteiger partial charge in [0, 0.05) is 11.8 Å². The molecule has 0 saturated carbocycles. The van der Waals surface area contributed by atoms with Crippen LogP contribution in [0.3, 0.4) is 0 Å². The fourth-order valence-corrected chi connectivity index (χ4v) is 2.18. The second-order valence-corrected chi connectivity index (χ2v) is 4.30. The molecule has 1 atom stereocenters. The van der Waals surface area contributed by atoms with Gasteiger partial charge in [-0.05, 0) is 40.9 Å². The van der Waals surface area contributed by atoms with E-state index in [4.69, 9.17) is 11.5 Å². The summed E-state index contributed by atoms with van der Waals surface area (Å²) < 4.78 is 0. The molecule has 0 radical (unpaired) electrons. The van der Waals surface area contributed by atoms with E-state index in [9.17, 15) is 0 Å². The monoisotopic (exact) mass is 219 g/mol. The van der Waals surface area contributed by atoms with Gasteiger partial charge in [-0.15, -0.1) is 0 Å². The summed E-state index contributed by atoms with van der Waals surface area (Å²) in [5.74, 6) is 0.513. The third kappa shape index (κ3) is 2.00. The Kier molecular flexibility index (Phi) is 2.70. The highest BCUT2D eigenvalue weighted by Gasteiger charge is 2.13. The lowest BCUT2D eigenvalue weighted by molar-refractivity contribution is 0.870. The highest BCUT2D eigenvalue weighted by Crippen LogP contribution is 2.25. The summed E-state index contributed by atoms with van der Waals surface area (Å²) in [6.07, 6.45) is 1.75. The molecule has 0 aromatic carbocycles. The number of nitrogens with zero attached hydrogens (tertiary/aromatic N) is 1. The SMILES string of the molecule is Cc1cnc(N)c(C(N)c2ccsc2)c1. The number of aryl methyl sites for hydroxylation is 1. The van der Waals surface area contributed by atoms with Crippen LogP contribution in [0.2, 0.25) is 0 Å². The Morgan fingerprint density at radius 3 is 2.93 bits per heavy atom. The third-order valence-electron chi connectivity index (χ3n) is 2.32. The maximum Gasteiger partial charge on any atom is 0.128 e. The number of hydrogen-bond acceptors (Lipinski definition) is 4. The summed E-state index contributed by atoms with van der Waals surface area (Å²) in [7, 11) is 0. The van der Waals surface area contributed by atoms with Crippen molar-refractivity contribution in [3.05, 3.63) is 45.8 Å². The van der Waals surface area contributed by atoms with Gasteiger partial charge in [-0.25, -0.2) is 4.98 Å². The quantitative estimate of drug-likeness (QED) is 0.812. The van der Waals surface area contributed by atoms with Gasteiger partial charge in [0.05, 0.1) is 6.04 Å². The Bertz CT molecular complexity index is 451. The van der Waals surface area contributed by atoms with Gasteiger partial charge in [0.25, 0.3) is 0 Å². The van der Waals surface area contributed by atoms with Crippen LogP contribution in [-0.4, -0.2) is 4.98 Å². The van der Waals surface area contributed by atoms with E-state index in [1.165, 1.54) is 0 Å². The lowest BCUT2D eigenvalue weighted by Crippen LogP contribution is -2.14. The molecule has 2 rings (SSSR count). The number of rotatable bonds is 2. The van der Waals surface area contributed by atoms with E-state index in [0.717, 1.165) is 16.7 Å². The van der Waals surface area contributed by atoms with E-state index in [1.54, 1.807) is 17.5 Å². The van der Waals surface area contributed by atoms with Gasteiger partial charge in [0.2, 0.25) is 0 Å². The van der Waals surface area contributed by atoms with Crippen molar-refractivity contribution in [2.75, 3.05) is 5.73 Å². The predicted octanol–water partition coefficient (Wildman–Crippen LogP) is 2.08. The second-order valence-electron chi connectivity index (χ2n) is 3.52. The first-order valence-corrected chi connectivity index (χ1v) is 5.62. The van der Waals surface area contributed by atoms with Crippen LogP contribution in [0, 0.1) is 6.92 Å². The summed E-state index contributed by atoms with van der Waals surface area (Å²) in [5, 5.41) is 4.04. The fraction of sp³-hybridized carbons (Fsp3) is 0.182. The van der Waals surface area contributed by atoms with Gasteiger partial charge in [-0.1, -0.05) is 0 Å². The van der Waals surface area contributed by atoms with Gasteiger partial charge < -0.3 is 11.5 Å². The van der Waals surface area contributed by atoms with Crippen LogP contribution in [0.1, 0.15) is 22.7 Å². The molecule has 4 heteroatoms. The molecule has 78 valence electrons. The van der Waals surface area contributed by atoms with Gasteiger partial charge in [0.1, 0.15) is 5.82 Å². The van der Waals surface area contributed by atoms with E-state index in [0.29, 0.717) is 5.82 Å². The first-order valence-electron chi connectivity index (χ1n) is 4.68. The van der Waals surface area contributed by atoms with Crippen molar-refractivity contribution in [3.8, 4) is 0 Å². The highest BCUT2D eigenvalue weighted by atomic mass is 32.1. The van der Waals surface area contributed by atoms with E-state index in [-0.39, 0.29) is 6.04 Å². The Hall–Kier alpha value is -1.39. The Balaban J connectivity index is 2.41. The Morgan fingerprint density at radius 2 is 2.27 bits per heavy atom. The average molecular weight is 219 g/mol. The van der Waals surface area contributed by atoms with Crippen molar-refractivity contribution in [2.24, 2.45) is 5.73 Å². The van der Waals surface area contributed by atoms with E-state index in [2.05, 4.69) is 4.98 Å². The lowest BCUT2D eigenvalue weighted by Gasteiger charge is -2.12. The molecule has 2 heterocycles. The maximum atomic E-state index is 6.12. The van der Waals surface area contributed by atoms with Crippen LogP contribution >= 0.6 is 11.3 Å². The standard InChI is InChI=1S/C11H13N3S/c1-7-4-9(11(13)14-5-7)10(12)8-2-3-15-6-8/h2-6,10H,12H2,1H3,(H2,13,14). The second kappa shape index (κ2) is 4.00. The predicted molar refractivity (Wildman–Crippen MR) is 63.7 cm³/mol. The molecule has 0 aliphatic rings. The van der Waals surface area contributed by atoms with Crippen LogP contribution in [0.5, 0.6) is 0 Å². The number of hydrogen-bond donors (Lipinski definition) is 2. The Labute approximate surface area is 92.8 Å². The maximum absolute atomic E-state index is 6.12. The number of pyridine rings is 1. The van der Waals surface area contributed by atoms with E-state index < -0.39 is 0 Å². The van der Waals surface area contributed by atoms with Crippen molar-refractivity contribution in [2.45, 2.75) is 13.0 Å². The van der Waals surface area contributed by atoms with Crippen LogP contribution in [0.15, 0.2) is 29.1 Å². The summed E-state index contributed by atoms with van der Waals surface area (Å²) in [4.78, 5) is 4.11. The number of nitrogen functional groups attached to an aromatic ring is 1. The largest absolute Gasteiger partial charge is 0.383 e. The van der Waals surface area contributed by atoms with Crippen molar-refractivity contribution in [1.82, 2.24) is 4.98 Å². The number of thiophene rings is 1. The third-order valence-corrected chi connectivity index (χ3v) is 3.03. The van der Waals surface area contributed by atoms with E-state index in [1.807, 2.05) is 29.8 Å². The number of aromatic nitrogens is 1. The topological polar surface area (TPSA) is 64.9 Å². The minimum absolute atomic E-state index is 0.177. The molecule has 0 saturated heterocycles. The molecular formula is C11H13N3S. The molecule has 2 aromatic rings. The van der Waals surface area contributed by atoms with Crippen molar-refractivity contribution in [3.63, 3.8) is 0 Å². The molecule has 0 spiro atoms. The normalized spacial score (nSPS) is 12.7. The zero-order valence-electron chi connectivity index (χ0n) is 8.47. The zero-order chi connectivity index (χ0) is 10.8. The molecule has 0 fully saturated rings. The molecule has 4 N–H and O–H groups in total. The van der Waals surface area contributed by atoms with Gasteiger partial charge in [-0.3, -0.25) is 0 Å².